The lowest BCUT2D eigenvalue weighted by Crippen LogP contribution is -2.36. The predicted molar refractivity (Wildman–Crippen MR) is 111 cm³/mol. The highest BCUT2D eigenvalue weighted by molar-refractivity contribution is 6.03. The summed E-state index contributed by atoms with van der Waals surface area (Å²) in [6, 6.07) is 13.3. The van der Waals surface area contributed by atoms with Crippen LogP contribution >= 0.6 is 0 Å². The lowest BCUT2D eigenvalue weighted by molar-refractivity contribution is 0.102. The number of hydrogen-bond acceptors (Lipinski definition) is 5. The van der Waals surface area contributed by atoms with Crippen molar-refractivity contribution in [2.45, 2.75) is 18.9 Å². The number of fused-ring (bicyclic) bond motifs is 1. The number of aromatic nitrogens is 5. The molecule has 4 aromatic rings. The number of aromatic amines is 1. The first-order valence-corrected chi connectivity index (χ1v) is 9.72. The maximum absolute atomic E-state index is 12.5. The highest BCUT2D eigenvalue weighted by Gasteiger charge is 2.25. The molecule has 0 aliphatic carbocycles. The third-order valence-electron chi connectivity index (χ3n) is 5.39. The van der Waals surface area contributed by atoms with Crippen molar-refractivity contribution in [1.29, 1.82) is 0 Å². The molecule has 1 aromatic carbocycles. The Morgan fingerprint density at radius 2 is 1.90 bits per heavy atom. The molecule has 1 aliphatic heterocycles. The highest BCUT2D eigenvalue weighted by Crippen LogP contribution is 2.30. The molecule has 0 unspecified atom stereocenters. The average Bonchev–Trinajstić information content (AvgIpc) is 3.44. The Morgan fingerprint density at radius 1 is 1.07 bits per heavy atom. The molecule has 0 atom stereocenters. The van der Waals surface area contributed by atoms with Gasteiger partial charge in [-0.3, -0.25) is 4.79 Å². The van der Waals surface area contributed by atoms with E-state index in [4.69, 9.17) is 0 Å². The van der Waals surface area contributed by atoms with Gasteiger partial charge in [0.05, 0.1) is 17.6 Å². The Balaban J connectivity index is 1.29. The number of nitrogens with one attached hydrogen (secondary N) is 2. The van der Waals surface area contributed by atoms with E-state index in [1.165, 1.54) is 0 Å². The lowest BCUT2D eigenvalue weighted by Gasteiger charge is -2.33. The molecule has 0 saturated carbocycles. The highest BCUT2D eigenvalue weighted by atomic mass is 16.1. The summed E-state index contributed by atoms with van der Waals surface area (Å²) in [5, 5.41) is 8.51. The van der Waals surface area contributed by atoms with Crippen molar-refractivity contribution in [3.05, 3.63) is 66.7 Å². The summed E-state index contributed by atoms with van der Waals surface area (Å²) in [6.45, 7) is 1.74. The van der Waals surface area contributed by atoms with Gasteiger partial charge in [-0.05, 0) is 31.0 Å². The molecular formula is C21H21N7O. The van der Waals surface area contributed by atoms with E-state index in [0.29, 0.717) is 5.56 Å². The van der Waals surface area contributed by atoms with Crippen LogP contribution in [-0.2, 0) is 0 Å². The molecule has 8 heteroatoms. The molecule has 2 N–H and O–H groups in total. The van der Waals surface area contributed by atoms with Crippen LogP contribution in [0.2, 0.25) is 0 Å². The fourth-order valence-electron chi connectivity index (χ4n) is 3.92. The molecule has 1 amide bonds. The second kappa shape index (κ2) is 7.38. The molecule has 4 heterocycles. The van der Waals surface area contributed by atoms with Crippen molar-refractivity contribution in [2.24, 2.45) is 0 Å². The summed E-state index contributed by atoms with van der Waals surface area (Å²) in [4.78, 5) is 26.7. The molecule has 0 bridgehead atoms. The van der Waals surface area contributed by atoms with Crippen molar-refractivity contribution in [3.63, 3.8) is 0 Å². The number of amides is 1. The summed E-state index contributed by atoms with van der Waals surface area (Å²) in [7, 11) is 0. The predicted octanol–water partition coefficient (Wildman–Crippen LogP) is 3.25. The van der Waals surface area contributed by atoms with Crippen LogP contribution in [0.25, 0.3) is 11.0 Å². The van der Waals surface area contributed by atoms with Gasteiger partial charge in [-0.15, -0.1) is 0 Å². The number of rotatable bonds is 4. The van der Waals surface area contributed by atoms with Crippen LogP contribution in [0.3, 0.4) is 0 Å². The zero-order chi connectivity index (χ0) is 19.6. The van der Waals surface area contributed by atoms with Gasteiger partial charge >= 0.3 is 0 Å². The van der Waals surface area contributed by atoms with Crippen LogP contribution in [0, 0.1) is 0 Å². The zero-order valence-corrected chi connectivity index (χ0v) is 15.8. The van der Waals surface area contributed by atoms with Crippen molar-refractivity contribution in [3.8, 4) is 0 Å². The zero-order valence-electron chi connectivity index (χ0n) is 15.8. The number of hydrogen-bond donors (Lipinski definition) is 2. The van der Waals surface area contributed by atoms with Crippen LogP contribution in [0.5, 0.6) is 0 Å². The largest absolute Gasteiger partial charge is 0.356 e. The molecule has 1 fully saturated rings. The van der Waals surface area contributed by atoms with Crippen molar-refractivity contribution < 1.29 is 4.79 Å². The van der Waals surface area contributed by atoms with Gasteiger partial charge in [-0.25, -0.2) is 14.6 Å². The average molecular weight is 387 g/mol. The second-order valence-corrected chi connectivity index (χ2v) is 7.14. The van der Waals surface area contributed by atoms with Gasteiger partial charge in [0.1, 0.15) is 23.6 Å². The van der Waals surface area contributed by atoms with Crippen LogP contribution in [-0.4, -0.2) is 43.7 Å². The van der Waals surface area contributed by atoms with Gasteiger partial charge in [0.25, 0.3) is 5.91 Å². The summed E-state index contributed by atoms with van der Waals surface area (Å²) in [5.74, 6) is 1.57. The summed E-state index contributed by atoms with van der Waals surface area (Å²) in [5.41, 5.74) is 1.49. The first kappa shape index (κ1) is 17.4. The van der Waals surface area contributed by atoms with E-state index in [2.05, 4.69) is 30.3 Å². The molecule has 1 saturated heterocycles. The third-order valence-corrected chi connectivity index (χ3v) is 5.39. The van der Waals surface area contributed by atoms with Gasteiger partial charge in [0.15, 0.2) is 0 Å². The van der Waals surface area contributed by atoms with Gasteiger partial charge < -0.3 is 15.2 Å². The van der Waals surface area contributed by atoms with Crippen LogP contribution < -0.4 is 10.2 Å². The maximum atomic E-state index is 12.5. The standard InChI is InChI=1S/C21H21N7O/c29-21(15-4-2-1-3-5-15)26-18-7-11-25-28(18)16-8-12-27(13-9-16)20-17-6-10-22-19(17)23-14-24-20/h1-7,10-11,14,16H,8-9,12-13H2,(H,26,29)(H,22,23,24). The van der Waals surface area contributed by atoms with E-state index >= 15 is 0 Å². The number of nitrogens with zero attached hydrogens (tertiary/aromatic N) is 5. The summed E-state index contributed by atoms with van der Waals surface area (Å²) >= 11 is 0. The van der Waals surface area contributed by atoms with Gasteiger partial charge in [0, 0.05) is 30.9 Å². The summed E-state index contributed by atoms with van der Waals surface area (Å²) < 4.78 is 1.93. The molecule has 0 spiro atoms. The normalized spacial score (nSPS) is 15.0. The first-order valence-electron chi connectivity index (χ1n) is 9.72. The second-order valence-electron chi connectivity index (χ2n) is 7.14. The van der Waals surface area contributed by atoms with E-state index in [-0.39, 0.29) is 11.9 Å². The van der Waals surface area contributed by atoms with Gasteiger partial charge in [-0.2, -0.15) is 5.10 Å². The minimum Gasteiger partial charge on any atom is -0.356 e. The molecule has 146 valence electrons. The quantitative estimate of drug-likeness (QED) is 0.561. The van der Waals surface area contributed by atoms with E-state index < -0.39 is 0 Å². The van der Waals surface area contributed by atoms with E-state index in [9.17, 15) is 4.79 Å². The summed E-state index contributed by atoms with van der Waals surface area (Å²) in [6.07, 6.45) is 7.07. The maximum Gasteiger partial charge on any atom is 0.256 e. The fraction of sp³-hybridized carbons (Fsp3) is 0.238. The monoisotopic (exact) mass is 387 g/mol. The molecule has 3 aromatic heterocycles. The molecule has 8 nitrogen and oxygen atoms in total. The van der Waals surface area contributed by atoms with E-state index in [1.807, 2.05) is 41.2 Å². The van der Waals surface area contributed by atoms with Gasteiger partial charge in [-0.1, -0.05) is 18.2 Å². The number of carbonyl (C=O) groups is 1. The SMILES string of the molecule is O=C(Nc1ccnn1C1CCN(c2ncnc3[nH]ccc23)CC1)c1ccccc1. The Kier molecular flexibility index (Phi) is 4.44. The first-order chi connectivity index (χ1) is 14.3. The number of piperidine rings is 1. The smallest absolute Gasteiger partial charge is 0.256 e. The Hall–Kier alpha value is -3.68. The number of anilines is 2. The molecule has 0 radical (unpaired) electrons. The van der Waals surface area contributed by atoms with Crippen LogP contribution in [0.15, 0.2) is 61.2 Å². The third kappa shape index (κ3) is 3.33. The minimum absolute atomic E-state index is 0.124. The van der Waals surface area contributed by atoms with Gasteiger partial charge in [0.2, 0.25) is 0 Å². The molecule has 29 heavy (non-hydrogen) atoms. The minimum atomic E-state index is -0.124. The van der Waals surface area contributed by atoms with Crippen molar-refractivity contribution in [2.75, 3.05) is 23.3 Å². The number of H-pyrrole nitrogens is 1. The molecule has 5 rings (SSSR count). The number of carbonyl (C=O) groups excluding carboxylic acids is 1. The van der Waals surface area contributed by atoms with Crippen LogP contribution in [0.1, 0.15) is 29.2 Å². The van der Waals surface area contributed by atoms with Crippen molar-refractivity contribution in [1.82, 2.24) is 24.7 Å². The topological polar surface area (TPSA) is 91.7 Å². The van der Waals surface area contributed by atoms with Crippen LogP contribution in [0.4, 0.5) is 11.6 Å². The lowest BCUT2D eigenvalue weighted by atomic mass is 10.0. The Morgan fingerprint density at radius 3 is 2.72 bits per heavy atom. The Labute approximate surface area is 167 Å². The Bertz CT molecular complexity index is 1130. The molecular weight excluding hydrogens is 366 g/mol. The number of benzene rings is 1. The van der Waals surface area contributed by atoms with Crippen molar-refractivity contribution >= 4 is 28.6 Å². The van der Waals surface area contributed by atoms with E-state index in [1.54, 1.807) is 24.7 Å². The fourth-order valence-corrected chi connectivity index (χ4v) is 3.92. The molecule has 1 aliphatic rings. The van der Waals surface area contributed by atoms with E-state index in [0.717, 1.165) is 48.6 Å².